The summed E-state index contributed by atoms with van der Waals surface area (Å²) in [6.45, 7) is 4.63. The fourth-order valence-electron chi connectivity index (χ4n) is 3.58. The van der Waals surface area contributed by atoms with Gasteiger partial charge in [-0.15, -0.1) is 24.8 Å². The van der Waals surface area contributed by atoms with Crippen LogP contribution in [0.25, 0.3) is 0 Å². The van der Waals surface area contributed by atoms with Gasteiger partial charge in [0, 0.05) is 44.6 Å². The summed E-state index contributed by atoms with van der Waals surface area (Å²) >= 11 is 0. The van der Waals surface area contributed by atoms with Gasteiger partial charge in [-0.05, 0) is 36.5 Å². The highest BCUT2D eigenvalue weighted by Gasteiger charge is 2.31. The molecule has 0 radical (unpaired) electrons. The van der Waals surface area contributed by atoms with E-state index in [0.29, 0.717) is 6.04 Å². The van der Waals surface area contributed by atoms with Crippen molar-refractivity contribution >= 4 is 24.8 Å². The Kier molecular flexibility index (Phi) is 7.82. The minimum atomic E-state index is 0. The minimum absolute atomic E-state index is 0. The van der Waals surface area contributed by atoms with E-state index >= 15 is 0 Å². The van der Waals surface area contributed by atoms with E-state index in [9.17, 15) is 0 Å². The van der Waals surface area contributed by atoms with Gasteiger partial charge in [-0.2, -0.15) is 0 Å². The Morgan fingerprint density at radius 2 is 1.65 bits per heavy atom. The van der Waals surface area contributed by atoms with E-state index < -0.39 is 0 Å². The summed E-state index contributed by atoms with van der Waals surface area (Å²) in [5.74, 6) is 0.852. The molecule has 1 aromatic rings. The van der Waals surface area contributed by atoms with Gasteiger partial charge in [0.15, 0.2) is 0 Å². The number of rotatable bonds is 3. The van der Waals surface area contributed by atoms with Gasteiger partial charge in [-0.3, -0.25) is 9.88 Å². The van der Waals surface area contributed by atoms with E-state index in [4.69, 9.17) is 0 Å². The van der Waals surface area contributed by atoms with Crippen LogP contribution < -0.4 is 5.32 Å². The van der Waals surface area contributed by atoms with E-state index in [0.717, 1.165) is 19.0 Å². The maximum atomic E-state index is 4.17. The van der Waals surface area contributed by atoms with Crippen LogP contribution in [0.5, 0.6) is 0 Å². The molecule has 0 amide bonds. The summed E-state index contributed by atoms with van der Waals surface area (Å²) in [5.41, 5.74) is 1.47. The predicted octanol–water partition coefficient (Wildman–Crippen LogP) is 3.06. The predicted molar refractivity (Wildman–Crippen MR) is 87.9 cm³/mol. The van der Waals surface area contributed by atoms with E-state index in [2.05, 4.69) is 27.3 Å². The molecule has 0 unspecified atom stereocenters. The second-order valence-electron chi connectivity index (χ2n) is 5.56. The average Bonchev–Trinajstić information content (AvgIpc) is 2.95. The zero-order valence-electron chi connectivity index (χ0n) is 11.8. The lowest BCUT2D eigenvalue weighted by Crippen LogP contribution is -2.46. The Hall–Kier alpha value is -0.350. The van der Waals surface area contributed by atoms with Crippen molar-refractivity contribution < 1.29 is 0 Å². The van der Waals surface area contributed by atoms with Crippen molar-refractivity contribution in [2.45, 2.75) is 31.7 Å². The number of hydrogen-bond acceptors (Lipinski definition) is 3. The number of nitrogens with zero attached hydrogens (tertiary/aromatic N) is 2. The molecular weight excluding hydrogens is 293 g/mol. The lowest BCUT2D eigenvalue weighted by molar-refractivity contribution is 0.125. The van der Waals surface area contributed by atoms with Crippen molar-refractivity contribution in [3.8, 4) is 0 Å². The monoisotopic (exact) mass is 317 g/mol. The first-order chi connectivity index (χ1) is 8.95. The fourth-order valence-corrected chi connectivity index (χ4v) is 3.58. The number of nitrogens with one attached hydrogen (secondary N) is 1. The molecule has 20 heavy (non-hydrogen) atoms. The van der Waals surface area contributed by atoms with Gasteiger partial charge in [-0.1, -0.05) is 12.8 Å². The van der Waals surface area contributed by atoms with Gasteiger partial charge in [-0.25, -0.2) is 0 Å². The maximum absolute atomic E-state index is 4.17. The molecule has 1 atom stereocenters. The largest absolute Gasteiger partial charge is 0.314 e. The lowest BCUT2D eigenvalue weighted by Gasteiger charge is -2.38. The third kappa shape index (κ3) is 4.08. The summed E-state index contributed by atoms with van der Waals surface area (Å²) in [6.07, 6.45) is 9.52. The Morgan fingerprint density at radius 3 is 2.25 bits per heavy atom. The molecule has 0 spiro atoms. The molecular formula is C15H25Cl2N3. The van der Waals surface area contributed by atoms with Crippen LogP contribution in [-0.4, -0.2) is 36.1 Å². The smallest absolute Gasteiger partial charge is 0.0378 e. The first-order valence-electron chi connectivity index (χ1n) is 7.30. The molecule has 1 aromatic heterocycles. The molecule has 1 aliphatic carbocycles. The third-order valence-corrected chi connectivity index (χ3v) is 4.44. The van der Waals surface area contributed by atoms with Gasteiger partial charge in [0.25, 0.3) is 0 Å². The van der Waals surface area contributed by atoms with Crippen LogP contribution in [-0.2, 0) is 0 Å². The highest BCUT2D eigenvalue weighted by Crippen LogP contribution is 2.39. The van der Waals surface area contributed by atoms with Crippen LogP contribution in [0.3, 0.4) is 0 Å². The molecule has 5 heteroatoms. The zero-order chi connectivity index (χ0) is 12.2. The highest BCUT2D eigenvalue weighted by atomic mass is 35.5. The second-order valence-corrected chi connectivity index (χ2v) is 5.56. The summed E-state index contributed by atoms with van der Waals surface area (Å²) < 4.78 is 0. The Bertz CT molecular complexity index is 363. The van der Waals surface area contributed by atoms with Crippen molar-refractivity contribution in [2.75, 3.05) is 26.2 Å². The first-order valence-corrected chi connectivity index (χ1v) is 7.30. The zero-order valence-corrected chi connectivity index (χ0v) is 13.5. The number of halogens is 2. The molecule has 2 heterocycles. The van der Waals surface area contributed by atoms with Crippen LogP contribution in [0, 0.1) is 5.92 Å². The van der Waals surface area contributed by atoms with E-state index in [1.54, 1.807) is 0 Å². The molecule has 1 saturated heterocycles. The van der Waals surface area contributed by atoms with Gasteiger partial charge < -0.3 is 5.32 Å². The number of aromatic nitrogens is 1. The molecule has 0 bridgehead atoms. The van der Waals surface area contributed by atoms with Gasteiger partial charge >= 0.3 is 0 Å². The van der Waals surface area contributed by atoms with Crippen LogP contribution in [0.15, 0.2) is 24.5 Å². The van der Waals surface area contributed by atoms with E-state index in [1.807, 2.05) is 12.4 Å². The lowest BCUT2D eigenvalue weighted by atomic mass is 9.90. The van der Waals surface area contributed by atoms with E-state index in [1.165, 1.54) is 44.3 Å². The Morgan fingerprint density at radius 1 is 1.05 bits per heavy atom. The van der Waals surface area contributed by atoms with Crippen LogP contribution in [0.1, 0.15) is 37.3 Å². The van der Waals surface area contributed by atoms with Gasteiger partial charge in [0.05, 0.1) is 0 Å². The van der Waals surface area contributed by atoms with Crippen molar-refractivity contribution in [1.82, 2.24) is 15.2 Å². The molecule has 3 rings (SSSR count). The number of hydrogen-bond donors (Lipinski definition) is 1. The fraction of sp³-hybridized carbons (Fsp3) is 0.667. The molecule has 3 nitrogen and oxygen atoms in total. The molecule has 1 saturated carbocycles. The highest BCUT2D eigenvalue weighted by molar-refractivity contribution is 5.85. The van der Waals surface area contributed by atoms with Crippen LogP contribution >= 0.6 is 24.8 Å². The normalized spacial score (nSPS) is 21.8. The standard InChI is InChI=1S/C15H23N3.2ClH/c1-2-4-13(3-1)15(14-5-7-16-8-6-14)18-11-9-17-10-12-18;;/h5-8,13,15,17H,1-4,9-12H2;2*1H/t15-;;/m1../s1. The Balaban J connectivity index is 0.000001000. The quantitative estimate of drug-likeness (QED) is 0.928. The SMILES string of the molecule is Cl.Cl.c1cc([C@@H](C2CCCC2)N2CCNCC2)ccn1. The van der Waals surface area contributed by atoms with Crippen molar-refractivity contribution in [2.24, 2.45) is 5.92 Å². The molecule has 2 aliphatic rings. The molecule has 0 aromatic carbocycles. The minimum Gasteiger partial charge on any atom is -0.314 e. The second kappa shape index (κ2) is 8.83. The topological polar surface area (TPSA) is 28.2 Å². The number of piperazine rings is 1. The maximum Gasteiger partial charge on any atom is 0.0378 e. The van der Waals surface area contributed by atoms with E-state index in [-0.39, 0.29) is 24.8 Å². The number of pyridine rings is 1. The summed E-state index contributed by atoms with van der Waals surface area (Å²) in [6, 6.07) is 5.05. The third-order valence-electron chi connectivity index (χ3n) is 4.44. The molecule has 1 N–H and O–H groups in total. The molecule has 1 aliphatic heterocycles. The average molecular weight is 318 g/mol. The molecule has 2 fully saturated rings. The Labute approximate surface area is 134 Å². The van der Waals surface area contributed by atoms with Gasteiger partial charge in [0.1, 0.15) is 0 Å². The van der Waals surface area contributed by atoms with Gasteiger partial charge in [0.2, 0.25) is 0 Å². The summed E-state index contributed by atoms with van der Waals surface area (Å²) in [5, 5.41) is 3.46. The van der Waals surface area contributed by atoms with Crippen molar-refractivity contribution in [3.05, 3.63) is 30.1 Å². The van der Waals surface area contributed by atoms with Crippen LogP contribution in [0.4, 0.5) is 0 Å². The summed E-state index contributed by atoms with van der Waals surface area (Å²) in [7, 11) is 0. The molecule has 114 valence electrons. The van der Waals surface area contributed by atoms with Crippen LogP contribution in [0.2, 0.25) is 0 Å². The first kappa shape index (κ1) is 17.7. The summed E-state index contributed by atoms with van der Waals surface area (Å²) in [4.78, 5) is 6.85. The van der Waals surface area contributed by atoms with Crippen molar-refractivity contribution in [3.63, 3.8) is 0 Å². The van der Waals surface area contributed by atoms with Crippen molar-refractivity contribution in [1.29, 1.82) is 0 Å².